The highest BCUT2D eigenvalue weighted by Crippen LogP contribution is 2.27. The van der Waals surface area contributed by atoms with Crippen molar-refractivity contribution in [2.45, 2.75) is 37.5 Å². The van der Waals surface area contributed by atoms with Crippen molar-refractivity contribution in [1.29, 1.82) is 0 Å². The van der Waals surface area contributed by atoms with Crippen LogP contribution in [0.4, 0.5) is 0 Å². The molecule has 0 unspecified atom stereocenters. The summed E-state index contributed by atoms with van der Waals surface area (Å²) in [6, 6.07) is 8.47. The Kier molecular flexibility index (Phi) is 4.75. The summed E-state index contributed by atoms with van der Waals surface area (Å²) in [5.41, 5.74) is 2.78. The Morgan fingerprint density at radius 1 is 1.22 bits per heavy atom. The van der Waals surface area contributed by atoms with Gasteiger partial charge >= 0.3 is 0 Å². The summed E-state index contributed by atoms with van der Waals surface area (Å²) < 4.78 is 27.6. The van der Waals surface area contributed by atoms with Crippen LogP contribution in [0.3, 0.4) is 0 Å². The predicted molar refractivity (Wildman–Crippen MR) is 89.4 cm³/mol. The van der Waals surface area contributed by atoms with E-state index in [1.807, 2.05) is 0 Å². The number of β-amino-alcohol motifs (C(OH)–C–C–N with tert-alkyl or cyclic N) is 1. The zero-order valence-electron chi connectivity index (χ0n) is 13.6. The molecule has 1 aliphatic heterocycles. The van der Waals surface area contributed by atoms with Gasteiger partial charge in [0.2, 0.25) is 0 Å². The average Bonchev–Trinajstić information content (AvgIpc) is 2.93. The summed E-state index contributed by atoms with van der Waals surface area (Å²) in [5.74, 6) is 0. The van der Waals surface area contributed by atoms with Gasteiger partial charge in [-0.2, -0.15) is 17.4 Å². The maximum Gasteiger partial charge on any atom is 0.279 e. The van der Waals surface area contributed by atoms with Crippen LogP contribution in [0.15, 0.2) is 24.3 Å². The quantitative estimate of drug-likeness (QED) is 0.809. The van der Waals surface area contributed by atoms with Crippen LogP contribution >= 0.6 is 0 Å². The van der Waals surface area contributed by atoms with Crippen LogP contribution in [-0.4, -0.2) is 68.1 Å². The first-order chi connectivity index (χ1) is 10.9. The molecule has 2 aliphatic rings. The molecule has 0 bridgehead atoms. The van der Waals surface area contributed by atoms with Crippen LogP contribution in [0, 0.1) is 0 Å². The number of fused-ring (bicyclic) bond motifs is 1. The van der Waals surface area contributed by atoms with Gasteiger partial charge in [0, 0.05) is 33.2 Å². The molecular weight excluding hydrogens is 314 g/mol. The minimum Gasteiger partial charge on any atom is -0.390 e. The Morgan fingerprint density at radius 2 is 1.83 bits per heavy atom. The zero-order chi connectivity index (χ0) is 16.6. The normalized spacial score (nSPS) is 26.6. The van der Waals surface area contributed by atoms with Crippen LogP contribution in [0.1, 0.15) is 17.5 Å². The van der Waals surface area contributed by atoms with Crippen molar-refractivity contribution in [3.8, 4) is 0 Å². The first-order valence-electron chi connectivity index (χ1n) is 8.05. The molecule has 3 rings (SSSR count). The summed E-state index contributed by atoms with van der Waals surface area (Å²) in [5, 5.41) is 10.4. The van der Waals surface area contributed by atoms with Gasteiger partial charge in [-0.1, -0.05) is 24.3 Å². The maximum absolute atomic E-state index is 11.9. The SMILES string of the molecule is CN(C)S(=O)(=O)N[C@@H]1CCN(C2Cc3ccccc3C2)C[C@H]1O. The monoisotopic (exact) mass is 339 g/mol. The molecule has 1 aliphatic carbocycles. The number of likely N-dealkylation sites (tertiary alicyclic amines) is 1. The van der Waals surface area contributed by atoms with Gasteiger partial charge in [0.25, 0.3) is 10.2 Å². The second-order valence-corrected chi connectivity index (χ2v) is 8.61. The lowest BCUT2D eigenvalue weighted by atomic mass is 10.0. The minimum absolute atomic E-state index is 0.411. The molecule has 0 amide bonds. The van der Waals surface area contributed by atoms with E-state index in [1.165, 1.54) is 25.2 Å². The fourth-order valence-electron chi connectivity index (χ4n) is 3.52. The van der Waals surface area contributed by atoms with Crippen molar-refractivity contribution in [2.75, 3.05) is 27.2 Å². The third-order valence-corrected chi connectivity index (χ3v) is 6.50. The van der Waals surface area contributed by atoms with Gasteiger partial charge in [-0.25, -0.2) is 0 Å². The van der Waals surface area contributed by atoms with E-state index in [-0.39, 0.29) is 0 Å². The number of nitrogens with zero attached hydrogens (tertiary/aromatic N) is 2. The van der Waals surface area contributed by atoms with Crippen molar-refractivity contribution in [3.63, 3.8) is 0 Å². The van der Waals surface area contributed by atoms with Crippen molar-refractivity contribution < 1.29 is 13.5 Å². The van der Waals surface area contributed by atoms with Crippen molar-refractivity contribution in [1.82, 2.24) is 13.9 Å². The van der Waals surface area contributed by atoms with Gasteiger partial charge in [-0.05, 0) is 30.4 Å². The number of piperidine rings is 1. The molecule has 1 fully saturated rings. The molecule has 2 atom stereocenters. The zero-order valence-corrected chi connectivity index (χ0v) is 14.5. The highest BCUT2D eigenvalue weighted by atomic mass is 32.2. The Hall–Kier alpha value is -0.990. The second-order valence-electron chi connectivity index (χ2n) is 6.69. The summed E-state index contributed by atoms with van der Waals surface area (Å²) in [4.78, 5) is 2.30. The molecular formula is C16H25N3O3S. The second kappa shape index (κ2) is 6.49. The number of nitrogens with one attached hydrogen (secondary N) is 1. The van der Waals surface area contributed by atoms with E-state index in [1.54, 1.807) is 0 Å². The first-order valence-corrected chi connectivity index (χ1v) is 9.49. The molecule has 23 heavy (non-hydrogen) atoms. The number of rotatable bonds is 4. The van der Waals surface area contributed by atoms with E-state index in [0.717, 1.165) is 23.7 Å². The lowest BCUT2D eigenvalue weighted by molar-refractivity contribution is 0.0287. The molecule has 1 aromatic carbocycles. The van der Waals surface area contributed by atoms with Crippen molar-refractivity contribution >= 4 is 10.2 Å². The lowest BCUT2D eigenvalue weighted by Crippen LogP contribution is -2.57. The van der Waals surface area contributed by atoms with E-state index < -0.39 is 22.4 Å². The molecule has 1 heterocycles. The first kappa shape index (κ1) is 16.9. The van der Waals surface area contributed by atoms with E-state index in [9.17, 15) is 13.5 Å². The molecule has 0 saturated carbocycles. The summed E-state index contributed by atoms with van der Waals surface area (Å²) >= 11 is 0. The number of aliphatic hydroxyl groups excluding tert-OH is 1. The summed E-state index contributed by atoms with van der Waals surface area (Å²) in [6.45, 7) is 1.32. The van der Waals surface area contributed by atoms with Crippen molar-refractivity contribution in [2.24, 2.45) is 0 Å². The van der Waals surface area contributed by atoms with Gasteiger partial charge in [0.05, 0.1) is 12.1 Å². The molecule has 128 valence electrons. The number of benzene rings is 1. The number of hydrogen-bond donors (Lipinski definition) is 2. The van der Waals surface area contributed by atoms with E-state index >= 15 is 0 Å². The maximum atomic E-state index is 11.9. The molecule has 1 saturated heterocycles. The van der Waals surface area contributed by atoms with Gasteiger partial charge < -0.3 is 5.11 Å². The van der Waals surface area contributed by atoms with Gasteiger partial charge in [0.15, 0.2) is 0 Å². The smallest absolute Gasteiger partial charge is 0.279 e. The van der Waals surface area contributed by atoms with E-state index in [0.29, 0.717) is 19.0 Å². The summed E-state index contributed by atoms with van der Waals surface area (Å²) in [6.07, 6.45) is 1.97. The van der Waals surface area contributed by atoms with Gasteiger partial charge in [0.1, 0.15) is 0 Å². The minimum atomic E-state index is -3.51. The molecule has 0 spiro atoms. The third kappa shape index (κ3) is 3.59. The fourth-order valence-corrected chi connectivity index (χ4v) is 4.38. The summed E-state index contributed by atoms with van der Waals surface area (Å²) in [7, 11) is -0.535. The van der Waals surface area contributed by atoms with Crippen LogP contribution in [0.25, 0.3) is 0 Å². The lowest BCUT2D eigenvalue weighted by Gasteiger charge is -2.39. The largest absolute Gasteiger partial charge is 0.390 e. The number of aliphatic hydroxyl groups is 1. The Balaban J connectivity index is 1.60. The standard InChI is InChI=1S/C16H25N3O3S/c1-18(2)23(21,22)17-15-7-8-19(11-16(15)20)14-9-12-5-3-4-6-13(12)10-14/h3-6,14-17,20H,7-11H2,1-2H3/t15-,16-/m1/s1. The van der Waals surface area contributed by atoms with Gasteiger partial charge in [-0.15, -0.1) is 0 Å². The van der Waals surface area contributed by atoms with Crippen molar-refractivity contribution in [3.05, 3.63) is 35.4 Å². The highest BCUT2D eigenvalue weighted by Gasteiger charge is 2.35. The Bertz CT molecular complexity index is 637. The Morgan fingerprint density at radius 3 is 2.35 bits per heavy atom. The Labute approximate surface area is 138 Å². The molecule has 0 radical (unpaired) electrons. The van der Waals surface area contributed by atoms with Crippen LogP contribution in [-0.2, 0) is 23.1 Å². The van der Waals surface area contributed by atoms with Crippen LogP contribution < -0.4 is 4.72 Å². The molecule has 0 aromatic heterocycles. The fraction of sp³-hybridized carbons (Fsp3) is 0.625. The topological polar surface area (TPSA) is 72.9 Å². The number of hydrogen-bond acceptors (Lipinski definition) is 4. The molecule has 1 aromatic rings. The van der Waals surface area contributed by atoms with Crippen LogP contribution in [0.2, 0.25) is 0 Å². The molecule has 2 N–H and O–H groups in total. The average molecular weight is 339 g/mol. The van der Waals surface area contributed by atoms with E-state index in [2.05, 4.69) is 33.9 Å². The molecule has 6 nitrogen and oxygen atoms in total. The molecule has 7 heteroatoms. The predicted octanol–water partition coefficient (Wildman–Crippen LogP) is -0.0150. The third-order valence-electron chi connectivity index (χ3n) is 4.94. The van der Waals surface area contributed by atoms with Gasteiger partial charge in [-0.3, -0.25) is 4.90 Å². The van der Waals surface area contributed by atoms with E-state index in [4.69, 9.17) is 0 Å². The van der Waals surface area contributed by atoms with Crippen LogP contribution in [0.5, 0.6) is 0 Å². The highest BCUT2D eigenvalue weighted by molar-refractivity contribution is 7.87.